The Kier molecular flexibility index (Phi) is 8.91. The number of esters is 1. The van der Waals surface area contributed by atoms with E-state index in [0.29, 0.717) is 51.1 Å². The Hall–Kier alpha value is -2.78. The van der Waals surface area contributed by atoms with Crippen molar-refractivity contribution in [3.05, 3.63) is 33.9 Å². The van der Waals surface area contributed by atoms with E-state index in [1.807, 2.05) is 18.7 Å². The van der Waals surface area contributed by atoms with Gasteiger partial charge in [-0.15, -0.1) is 10.1 Å². The first-order chi connectivity index (χ1) is 22.1. The largest absolute Gasteiger partial charge is 0.457 e. The summed E-state index contributed by atoms with van der Waals surface area (Å²) in [4.78, 5) is 58.1. The Morgan fingerprint density at radius 3 is 2.55 bits per heavy atom. The lowest BCUT2D eigenvalue weighted by atomic mass is 9.46. The lowest BCUT2D eigenvalue weighted by molar-refractivity contribution is -0.757. The zero-order valence-corrected chi connectivity index (χ0v) is 27.5. The van der Waals surface area contributed by atoms with Crippen molar-refractivity contribution in [3.63, 3.8) is 0 Å². The van der Waals surface area contributed by atoms with Crippen LogP contribution in [0.15, 0.2) is 23.8 Å². The zero-order valence-electron chi connectivity index (χ0n) is 27.5. The number of halogens is 1. The Balaban J connectivity index is 1.13. The quantitative estimate of drug-likeness (QED) is 0.157. The summed E-state index contributed by atoms with van der Waals surface area (Å²) in [5.74, 6) is -3.20. The smallest absolute Gasteiger partial charge is 0.320 e. The summed E-state index contributed by atoms with van der Waals surface area (Å²) in [7, 11) is 0. The van der Waals surface area contributed by atoms with Gasteiger partial charge in [-0.25, -0.2) is 4.39 Å². The molecule has 47 heavy (non-hydrogen) atoms. The number of allylic oxidation sites excluding steroid dienone is 4. The highest BCUT2D eigenvalue weighted by molar-refractivity contribution is 6.01. The van der Waals surface area contributed by atoms with E-state index in [2.05, 4.69) is 9.74 Å². The van der Waals surface area contributed by atoms with E-state index >= 15 is 4.39 Å². The molecule has 0 spiro atoms. The van der Waals surface area contributed by atoms with Crippen LogP contribution in [0.25, 0.3) is 0 Å². The molecule has 2 aliphatic heterocycles. The van der Waals surface area contributed by atoms with Gasteiger partial charge in [0.1, 0.15) is 6.17 Å². The number of piperazine rings is 1. The van der Waals surface area contributed by atoms with Crippen LogP contribution in [0.4, 0.5) is 4.39 Å². The fourth-order valence-electron chi connectivity index (χ4n) is 10.0. The third kappa shape index (κ3) is 5.83. The van der Waals surface area contributed by atoms with Crippen LogP contribution >= 0.6 is 0 Å². The first-order valence-corrected chi connectivity index (χ1v) is 16.7. The van der Waals surface area contributed by atoms with Crippen molar-refractivity contribution >= 4 is 17.5 Å². The van der Waals surface area contributed by atoms with Crippen LogP contribution in [-0.4, -0.2) is 120 Å². The summed E-state index contributed by atoms with van der Waals surface area (Å²) < 4.78 is 34.3. The molecule has 260 valence electrons. The second kappa shape index (κ2) is 12.3. The number of Topliss-reactive ketones (excluding diaryl/α,β-unsaturated/α-hetero) is 1. The molecule has 5 fully saturated rings. The van der Waals surface area contributed by atoms with Crippen molar-refractivity contribution in [2.45, 2.75) is 83.1 Å². The van der Waals surface area contributed by atoms with E-state index in [0.717, 1.165) is 0 Å². The molecule has 2 saturated heterocycles. The topological polar surface area (TPSA) is 158 Å². The Morgan fingerprint density at radius 1 is 1.15 bits per heavy atom. The third-order valence-electron chi connectivity index (χ3n) is 11.9. The van der Waals surface area contributed by atoms with Crippen LogP contribution in [0.3, 0.4) is 0 Å². The molecule has 13 nitrogen and oxygen atoms in total. The van der Waals surface area contributed by atoms with Crippen molar-refractivity contribution in [1.29, 1.82) is 0 Å². The first kappa shape index (κ1) is 34.1. The molecule has 0 aromatic rings. The first-order valence-electron chi connectivity index (χ1n) is 16.7. The Morgan fingerprint density at radius 2 is 1.85 bits per heavy atom. The molecule has 14 heteroatoms. The van der Waals surface area contributed by atoms with Crippen LogP contribution in [0, 0.1) is 38.7 Å². The number of hydrogen-bond acceptors (Lipinski definition) is 12. The number of aliphatic hydroxyl groups is 1. The number of hydrogen-bond donors (Lipinski definition) is 1. The molecule has 3 unspecified atom stereocenters. The maximum Gasteiger partial charge on any atom is 0.320 e. The van der Waals surface area contributed by atoms with Gasteiger partial charge in [0.05, 0.1) is 25.4 Å². The van der Waals surface area contributed by atoms with Gasteiger partial charge in [0.15, 0.2) is 23.8 Å². The van der Waals surface area contributed by atoms with Gasteiger partial charge in [0.2, 0.25) is 5.78 Å². The second-order valence-electron chi connectivity index (χ2n) is 15.0. The van der Waals surface area contributed by atoms with E-state index in [1.54, 1.807) is 19.9 Å². The summed E-state index contributed by atoms with van der Waals surface area (Å²) in [6.07, 6.45) is 2.92. The van der Waals surface area contributed by atoms with Crippen LogP contribution in [0.5, 0.6) is 0 Å². The molecule has 4 aliphatic carbocycles. The number of fused-ring (bicyclic) bond motifs is 7. The predicted octanol–water partition coefficient (Wildman–Crippen LogP) is 2.04. The average Bonchev–Trinajstić information content (AvgIpc) is 3.41. The normalized spacial score (nSPS) is 40.9. The van der Waals surface area contributed by atoms with Gasteiger partial charge in [-0.1, -0.05) is 19.9 Å². The lowest BCUT2D eigenvalue weighted by Crippen LogP contribution is -2.64. The summed E-state index contributed by atoms with van der Waals surface area (Å²) >= 11 is 0. The number of aliphatic hydroxyl groups excluding tert-OH is 1. The number of nitrogens with zero attached hydrogens (tertiary/aromatic N) is 3. The number of carbonyl (C=O) groups is 3. The van der Waals surface area contributed by atoms with Gasteiger partial charge in [-0.05, 0) is 69.1 Å². The van der Waals surface area contributed by atoms with Crippen molar-refractivity contribution in [2.24, 2.45) is 28.6 Å². The molecule has 9 atom stereocenters. The maximum absolute atomic E-state index is 15.8. The minimum Gasteiger partial charge on any atom is -0.457 e. The fourth-order valence-corrected chi connectivity index (χ4v) is 10.0. The SMILES string of the molecule is CC1(C)O[C@@H]2CC3C4C[C@H](F)C5=CC(=O)C=C[C@]5(C)C4[C@@H](O)C[C@]3(C)[C@]2(C(=O)COC(=O)CN2CCN(CCCO[N+](=O)[O-])CC2)O1. The Bertz CT molecular complexity index is 1360. The van der Waals surface area contributed by atoms with Gasteiger partial charge in [0.25, 0.3) is 5.09 Å². The number of rotatable bonds is 10. The molecule has 0 aromatic heterocycles. The fraction of sp³-hybridized carbons (Fsp3) is 0.788. The highest BCUT2D eigenvalue weighted by Gasteiger charge is 2.77. The molecule has 0 amide bonds. The van der Waals surface area contributed by atoms with Gasteiger partial charge < -0.3 is 29.1 Å². The van der Waals surface area contributed by atoms with E-state index < -0.39 is 64.0 Å². The number of carbonyl (C=O) groups excluding carboxylic acids is 3. The zero-order chi connectivity index (χ0) is 33.9. The number of alkyl halides is 1. The van der Waals surface area contributed by atoms with Gasteiger partial charge in [0, 0.05) is 49.5 Å². The molecule has 3 saturated carbocycles. The third-order valence-corrected chi connectivity index (χ3v) is 11.9. The summed E-state index contributed by atoms with van der Waals surface area (Å²) in [5, 5.41) is 21.3. The molecule has 0 aromatic carbocycles. The van der Waals surface area contributed by atoms with Gasteiger partial charge in [-0.2, -0.15) is 0 Å². The second-order valence-corrected chi connectivity index (χ2v) is 15.0. The molecular formula is C33H46FN3O10. The minimum absolute atomic E-state index is 0.00946. The van der Waals surface area contributed by atoms with Crippen LogP contribution in [-0.2, 0) is 33.4 Å². The molecule has 0 radical (unpaired) electrons. The summed E-state index contributed by atoms with van der Waals surface area (Å²) in [6.45, 7) is 10.0. The highest BCUT2D eigenvalue weighted by Crippen LogP contribution is 2.70. The average molecular weight is 664 g/mol. The van der Waals surface area contributed by atoms with Gasteiger partial charge >= 0.3 is 5.97 Å². The monoisotopic (exact) mass is 663 g/mol. The molecule has 6 aliphatic rings. The van der Waals surface area contributed by atoms with E-state index in [1.165, 1.54) is 12.2 Å². The minimum atomic E-state index is -1.50. The lowest BCUT2D eigenvalue weighted by Gasteiger charge is -2.60. The number of ketones is 2. The van der Waals surface area contributed by atoms with E-state index in [9.17, 15) is 29.6 Å². The van der Waals surface area contributed by atoms with Crippen molar-refractivity contribution in [2.75, 3.05) is 52.5 Å². The van der Waals surface area contributed by atoms with Crippen LogP contribution in [0.2, 0.25) is 0 Å². The standard InChI is InChI=1S/C33H46FN3O10/c1-30(2)46-27-16-22-21-15-24(34)23-14-20(38)6-7-31(23,3)29(21)25(39)17-32(22,4)33(27,47-30)26(40)19-44-28(41)18-36-11-9-35(10-12-36)8-5-13-45-37(42)43/h6-7,14,21-22,24-25,27,29,39H,5,8-13,15-19H2,1-4H3/t21?,22?,24-,25-,27+,29?,31-,32-,33+/m0/s1. The van der Waals surface area contributed by atoms with Crippen molar-refractivity contribution in [3.8, 4) is 0 Å². The van der Waals surface area contributed by atoms with E-state index in [-0.39, 0.29) is 49.5 Å². The molecule has 6 rings (SSSR count). The molecule has 0 bridgehead atoms. The highest BCUT2D eigenvalue weighted by atomic mass is 19.1. The van der Waals surface area contributed by atoms with Gasteiger partial charge in [-0.3, -0.25) is 19.3 Å². The summed E-state index contributed by atoms with van der Waals surface area (Å²) in [5.41, 5.74) is -2.86. The predicted molar refractivity (Wildman–Crippen MR) is 163 cm³/mol. The number of ether oxygens (including phenoxy) is 3. The maximum atomic E-state index is 15.8. The molecule has 1 N–H and O–H groups in total. The molecular weight excluding hydrogens is 617 g/mol. The van der Waals surface area contributed by atoms with E-state index in [4.69, 9.17) is 14.2 Å². The molecule has 2 heterocycles. The van der Waals surface area contributed by atoms with Crippen molar-refractivity contribution in [1.82, 2.24) is 9.80 Å². The Labute approximate surface area is 273 Å². The van der Waals surface area contributed by atoms with Crippen LogP contribution < -0.4 is 0 Å². The van der Waals surface area contributed by atoms with Crippen molar-refractivity contribution < 1.29 is 48.0 Å². The summed E-state index contributed by atoms with van der Waals surface area (Å²) in [6, 6.07) is 0. The van der Waals surface area contributed by atoms with Crippen LogP contribution in [0.1, 0.15) is 53.4 Å².